The number of carbonyl (C=O) groups excluding carboxylic acids is 1. The Balaban J connectivity index is 2.15. The monoisotopic (exact) mass is 276 g/mol. The molecular formula is C15H20N2O3. The summed E-state index contributed by atoms with van der Waals surface area (Å²) in [7, 11) is 1.87. The summed E-state index contributed by atoms with van der Waals surface area (Å²) in [5.74, 6) is -0.811. The van der Waals surface area contributed by atoms with Gasteiger partial charge in [-0.25, -0.2) is 4.79 Å². The van der Waals surface area contributed by atoms with Crippen molar-refractivity contribution >= 4 is 17.6 Å². The first kappa shape index (κ1) is 14.5. The predicted octanol–water partition coefficient (Wildman–Crippen LogP) is 1.66. The fourth-order valence-corrected chi connectivity index (χ4v) is 2.54. The van der Waals surface area contributed by atoms with E-state index in [2.05, 4.69) is 5.32 Å². The molecule has 0 unspecified atom stereocenters. The number of aromatic carboxylic acids is 1. The van der Waals surface area contributed by atoms with Gasteiger partial charge in [-0.2, -0.15) is 0 Å². The van der Waals surface area contributed by atoms with Gasteiger partial charge in [-0.3, -0.25) is 4.79 Å². The summed E-state index contributed by atoms with van der Waals surface area (Å²) >= 11 is 0. The molecule has 0 aliphatic carbocycles. The molecule has 2 rings (SSSR count). The first-order chi connectivity index (χ1) is 9.63. The molecule has 1 amide bonds. The minimum Gasteiger partial charge on any atom is -0.478 e. The van der Waals surface area contributed by atoms with E-state index in [-0.39, 0.29) is 11.5 Å². The fraction of sp³-hybridized carbons (Fsp3) is 0.467. The third kappa shape index (κ3) is 3.17. The predicted molar refractivity (Wildman–Crippen MR) is 77.2 cm³/mol. The number of benzene rings is 1. The van der Waals surface area contributed by atoms with Crippen molar-refractivity contribution < 1.29 is 14.7 Å². The quantitative estimate of drug-likeness (QED) is 0.803. The van der Waals surface area contributed by atoms with Gasteiger partial charge in [-0.05, 0) is 56.6 Å². The number of nitrogens with zero attached hydrogens (tertiary/aromatic N) is 1. The molecule has 0 atom stereocenters. The lowest BCUT2D eigenvalue weighted by molar-refractivity contribution is -0.118. The number of fused-ring (bicyclic) bond motifs is 1. The average Bonchev–Trinajstić information content (AvgIpc) is 2.46. The van der Waals surface area contributed by atoms with Crippen molar-refractivity contribution in [3.8, 4) is 0 Å². The van der Waals surface area contributed by atoms with Gasteiger partial charge in [-0.1, -0.05) is 0 Å². The van der Waals surface area contributed by atoms with Crippen LogP contribution in [0, 0.1) is 0 Å². The minimum atomic E-state index is -0.926. The number of aryl methyl sites for hydroxylation is 1. The molecule has 1 aromatic carbocycles. The Morgan fingerprint density at radius 2 is 2.20 bits per heavy atom. The molecule has 0 aromatic heterocycles. The minimum absolute atomic E-state index is 0.115. The van der Waals surface area contributed by atoms with Gasteiger partial charge in [0.15, 0.2) is 0 Å². The number of hydrogen-bond acceptors (Lipinski definition) is 3. The lowest BCUT2D eigenvalue weighted by atomic mass is 9.98. The van der Waals surface area contributed by atoms with E-state index in [4.69, 9.17) is 5.11 Å². The van der Waals surface area contributed by atoms with Crippen molar-refractivity contribution in [3.63, 3.8) is 0 Å². The van der Waals surface area contributed by atoms with Gasteiger partial charge in [0.2, 0.25) is 5.91 Å². The van der Waals surface area contributed by atoms with Crippen LogP contribution in [0.25, 0.3) is 0 Å². The van der Waals surface area contributed by atoms with Crippen LogP contribution in [0.1, 0.15) is 35.2 Å². The molecule has 0 fully saturated rings. The Labute approximate surface area is 118 Å². The highest BCUT2D eigenvalue weighted by Gasteiger charge is 2.22. The van der Waals surface area contributed by atoms with Gasteiger partial charge >= 0.3 is 5.97 Å². The maximum atomic E-state index is 12.2. The topological polar surface area (TPSA) is 69.6 Å². The second-order valence-electron chi connectivity index (χ2n) is 5.00. The van der Waals surface area contributed by atoms with E-state index >= 15 is 0 Å². The standard InChI is InChI=1S/C15H20N2O3/c1-16-8-2-5-14(18)17-9-3-4-11-10-12(15(19)20)6-7-13(11)17/h6-7,10,16H,2-5,8-9H2,1H3,(H,19,20). The van der Waals surface area contributed by atoms with Crippen LogP contribution in [0.4, 0.5) is 5.69 Å². The molecule has 20 heavy (non-hydrogen) atoms. The average molecular weight is 276 g/mol. The summed E-state index contributed by atoms with van der Waals surface area (Å²) in [5, 5.41) is 12.0. The van der Waals surface area contributed by atoms with Crippen molar-refractivity contribution in [2.45, 2.75) is 25.7 Å². The van der Waals surface area contributed by atoms with Crippen molar-refractivity contribution in [3.05, 3.63) is 29.3 Å². The van der Waals surface area contributed by atoms with Crippen LogP contribution in [-0.2, 0) is 11.2 Å². The zero-order valence-corrected chi connectivity index (χ0v) is 11.7. The van der Waals surface area contributed by atoms with Crippen LogP contribution in [0.5, 0.6) is 0 Å². The third-order valence-corrected chi connectivity index (χ3v) is 3.56. The number of anilines is 1. The van der Waals surface area contributed by atoms with Crippen molar-refractivity contribution in [1.82, 2.24) is 5.32 Å². The van der Waals surface area contributed by atoms with Gasteiger partial charge < -0.3 is 15.3 Å². The molecule has 1 aromatic rings. The maximum Gasteiger partial charge on any atom is 0.335 e. The second-order valence-corrected chi connectivity index (χ2v) is 5.00. The van der Waals surface area contributed by atoms with Crippen molar-refractivity contribution in [1.29, 1.82) is 0 Å². The molecule has 2 N–H and O–H groups in total. The number of rotatable bonds is 5. The van der Waals surface area contributed by atoms with Crippen LogP contribution < -0.4 is 10.2 Å². The summed E-state index contributed by atoms with van der Waals surface area (Å²) in [6, 6.07) is 5.01. The Kier molecular flexibility index (Phi) is 4.74. The van der Waals surface area contributed by atoms with Gasteiger partial charge in [0.05, 0.1) is 5.56 Å². The summed E-state index contributed by atoms with van der Waals surface area (Å²) in [6.45, 7) is 1.54. The zero-order valence-electron chi connectivity index (χ0n) is 11.7. The SMILES string of the molecule is CNCCCC(=O)N1CCCc2cc(C(=O)O)ccc21. The Bertz CT molecular complexity index is 514. The molecule has 0 spiro atoms. The largest absolute Gasteiger partial charge is 0.478 e. The number of hydrogen-bond donors (Lipinski definition) is 2. The first-order valence-corrected chi connectivity index (χ1v) is 6.94. The molecule has 1 aliphatic rings. The van der Waals surface area contributed by atoms with Crippen LogP contribution in [0.15, 0.2) is 18.2 Å². The lowest BCUT2D eigenvalue weighted by Gasteiger charge is -2.29. The molecule has 5 nitrogen and oxygen atoms in total. The molecular weight excluding hydrogens is 256 g/mol. The number of carboxylic acid groups (broad SMARTS) is 1. The summed E-state index contributed by atoms with van der Waals surface area (Å²) < 4.78 is 0. The van der Waals surface area contributed by atoms with Crippen molar-refractivity contribution in [2.75, 3.05) is 25.0 Å². The molecule has 0 bridgehead atoms. The Morgan fingerprint density at radius 3 is 2.90 bits per heavy atom. The van der Waals surface area contributed by atoms with Gasteiger partial charge in [0.25, 0.3) is 0 Å². The highest BCUT2D eigenvalue weighted by molar-refractivity contribution is 5.96. The van der Waals surface area contributed by atoms with E-state index < -0.39 is 5.97 Å². The van der Waals surface area contributed by atoms with E-state index in [0.29, 0.717) is 6.42 Å². The van der Waals surface area contributed by atoms with Gasteiger partial charge in [-0.15, -0.1) is 0 Å². The number of amides is 1. The maximum absolute atomic E-state index is 12.2. The lowest BCUT2D eigenvalue weighted by Crippen LogP contribution is -2.35. The van der Waals surface area contributed by atoms with Crippen LogP contribution in [0.3, 0.4) is 0 Å². The van der Waals surface area contributed by atoms with Crippen LogP contribution >= 0.6 is 0 Å². The van der Waals surface area contributed by atoms with E-state index in [1.807, 2.05) is 7.05 Å². The Morgan fingerprint density at radius 1 is 1.40 bits per heavy atom. The summed E-state index contributed by atoms with van der Waals surface area (Å²) in [4.78, 5) is 25.0. The molecule has 108 valence electrons. The molecule has 5 heteroatoms. The normalized spacial score (nSPS) is 13.9. The van der Waals surface area contributed by atoms with E-state index in [0.717, 1.165) is 43.6 Å². The number of carboxylic acids is 1. The molecule has 0 saturated carbocycles. The number of nitrogens with one attached hydrogen (secondary N) is 1. The highest BCUT2D eigenvalue weighted by Crippen LogP contribution is 2.28. The zero-order chi connectivity index (χ0) is 14.5. The Hall–Kier alpha value is -1.88. The van der Waals surface area contributed by atoms with E-state index in [9.17, 15) is 9.59 Å². The van der Waals surface area contributed by atoms with E-state index in [1.54, 1.807) is 23.1 Å². The van der Waals surface area contributed by atoms with Crippen LogP contribution in [-0.4, -0.2) is 37.1 Å². The fourth-order valence-electron chi connectivity index (χ4n) is 2.54. The van der Waals surface area contributed by atoms with Gasteiger partial charge in [0, 0.05) is 18.7 Å². The van der Waals surface area contributed by atoms with Gasteiger partial charge in [0.1, 0.15) is 0 Å². The summed E-state index contributed by atoms with van der Waals surface area (Å²) in [5.41, 5.74) is 2.11. The first-order valence-electron chi connectivity index (χ1n) is 6.94. The van der Waals surface area contributed by atoms with Crippen LogP contribution in [0.2, 0.25) is 0 Å². The highest BCUT2D eigenvalue weighted by atomic mass is 16.4. The smallest absolute Gasteiger partial charge is 0.335 e. The summed E-state index contributed by atoms with van der Waals surface area (Å²) in [6.07, 6.45) is 3.04. The third-order valence-electron chi connectivity index (χ3n) is 3.56. The molecule has 0 radical (unpaired) electrons. The molecule has 1 aliphatic heterocycles. The van der Waals surface area contributed by atoms with Crippen molar-refractivity contribution in [2.24, 2.45) is 0 Å². The van der Waals surface area contributed by atoms with E-state index in [1.165, 1.54) is 0 Å². The molecule has 0 saturated heterocycles. The second kappa shape index (κ2) is 6.52. The number of carbonyl (C=O) groups is 2. The molecule has 1 heterocycles.